The molecule has 0 heterocycles. The Labute approximate surface area is 147 Å². The van der Waals surface area contributed by atoms with Crippen LogP contribution in [0.25, 0.3) is 0 Å². The van der Waals surface area contributed by atoms with Gasteiger partial charge in [0.15, 0.2) is 0 Å². The first kappa shape index (κ1) is 22.6. The lowest BCUT2D eigenvalue weighted by Crippen LogP contribution is -2.30. The van der Waals surface area contributed by atoms with Gasteiger partial charge in [-0.3, -0.25) is 10.1 Å². The maximum atomic E-state index is 11.2. The molecular formula is C19H35NO4. The minimum atomic E-state index is -1.20. The van der Waals surface area contributed by atoms with E-state index in [0.717, 1.165) is 25.7 Å². The van der Waals surface area contributed by atoms with E-state index in [2.05, 4.69) is 23.8 Å². The van der Waals surface area contributed by atoms with E-state index >= 15 is 0 Å². The molecule has 0 saturated heterocycles. The maximum absolute atomic E-state index is 11.2. The second-order valence-corrected chi connectivity index (χ2v) is 6.34. The number of ether oxygens (including phenoxy) is 1. The summed E-state index contributed by atoms with van der Waals surface area (Å²) in [6.07, 6.45) is 18.8. The number of hydrogen-bond donors (Lipinski definition) is 0. The molecule has 0 aromatic heterocycles. The van der Waals surface area contributed by atoms with Gasteiger partial charge in [0.25, 0.3) is 0 Å². The van der Waals surface area contributed by atoms with Gasteiger partial charge in [0.05, 0.1) is 7.11 Å². The molecule has 0 saturated carbocycles. The lowest BCUT2D eigenvalue weighted by Gasteiger charge is -2.06. The van der Waals surface area contributed by atoms with Gasteiger partial charge >= 0.3 is 12.0 Å². The highest BCUT2D eigenvalue weighted by Gasteiger charge is 2.29. The summed E-state index contributed by atoms with van der Waals surface area (Å²) in [7, 11) is 1.19. The van der Waals surface area contributed by atoms with Crippen molar-refractivity contribution in [3.8, 4) is 0 Å². The molecule has 140 valence electrons. The lowest BCUT2D eigenvalue weighted by molar-refractivity contribution is -0.511. The third kappa shape index (κ3) is 13.1. The minimum Gasteiger partial charge on any atom is -0.464 e. The number of allylic oxidation sites excluding steroid dienone is 2. The van der Waals surface area contributed by atoms with E-state index in [1.54, 1.807) is 0 Å². The second-order valence-electron chi connectivity index (χ2n) is 6.34. The number of rotatable bonds is 16. The summed E-state index contributed by atoms with van der Waals surface area (Å²) in [5.41, 5.74) is 0. The molecule has 1 unspecified atom stereocenters. The number of carbonyl (C=O) groups is 1. The SMILES string of the molecule is CCCCCCCC/C=C\CCCCCCC(C(=O)OC)[N+](=O)[O-]. The highest BCUT2D eigenvalue weighted by atomic mass is 16.6. The van der Waals surface area contributed by atoms with Crippen LogP contribution in [0.3, 0.4) is 0 Å². The van der Waals surface area contributed by atoms with Gasteiger partial charge < -0.3 is 4.74 Å². The van der Waals surface area contributed by atoms with Gasteiger partial charge in [0.1, 0.15) is 0 Å². The Morgan fingerprint density at radius 2 is 1.46 bits per heavy atom. The van der Waals surface area contributed by atoms with Gasteiger partial charge in [-0.2, -0.15) is 0 Å². The van der Waals surface area contributed by atoms with Gasteiger partial charge in [0.2, 0.25) is 0 Å². The molecule has 5 heteroatoms. The molecule has 5 nitrogen and oxygen atoms in total. The number of methoxy groups -OCH3 is 1. The molecule has 1 atom stereocenters. The Morgan fingerprint density at radius 1 is 0.958 bits per heavy atom. The third-order valence-corrected chi connectivity index (χ3v) is 4.22. The fourth-order valence-electron chi connectivity index (χ4n) is 2.68. The molecule has 0 radical (unpaired) electrons. The molecule has 0 aliphatic carbocycles. The van der Waals surface area contributed by atoms with E-state index in [9.17, 15) is 14.9 Å². The number of esters is 1. The average Bonchev–Trinajstić information content (AvgIpc) is 2.57. The lowest BCUT2D eigenvalue weighted by atomic mass is 10.1. The molecule has 0 spiro atoms. The number of nitro groups is 1. The summed E-state index contributed by atoms with van der Waals surface area (Å²) in [5.74, 6) is -0.738. The quantitative estimate of drug-likeness (QED) is 0.123. The van der Waals surface area contributed by atoms with Crippen LogP contribution < -0.4 is 0 Å². The molecule has 0 bridgehead atoms. The molecule has 0 amide bonds. The zero-order chi connectivity index (χ0) is 18.0. The molecule has 0 aromatic carbocycles. The third-order valence-electron chi connectivity index (χ3n) is 4.22. The topological polar surface area (TPSA) is 69.4 Å². The van der Waals surface area contributed by atoms with Crippen molar-refractivity contribution in [2.45, 2.75) is 96.4 Å². The summed E-state index contributed by atoms with van der Waals surface area (Å²) in [5, 5.41) is 10.8. The van der Waals surface area contributed by atoms with Crippen LogP contribution in [0.5, 0.6) is 0 Å². The first-order valence-electron chi connectivity index (χ1n) is 9.49. The number of carbonyl (C=O) groups excluding carboxylic acids is 1. The van der Waals surface area contributed by atoms with Crippen molar-refractivity contribution in [3.05, 3.63) is 22.3 Å². The summed E-state index contributed by atoms with van der Waals surface area (Å²) in [6, 6.07) is -1.20. The van der Waals surface area contributed by atoms with Crippen molar-refractivity contribution in [2.24, 2.45) is 0 Å². The smallest absolute Gasteiger partial charge is 0.381 e. The van der Waals surface area contributed by atoms with E-state index in [4.69, 9.17) is 0 Å². The Balaban J connectivity index is 3.45. The molecule has 0 rings (SSSR count). The van der Waals surface area contributed by atoms with Crippen molar-refractivity contribution in [3.63, 3.8) is 0 Å². The van der Waals surface area contributed by atoms with Crippen molar-refractivity contribution in [2.75, 3.05) is 7.11 Å². The normalized spacial score (nSPS) is 12.4. The summed E-state index contributed by atoms with van der Waals surface area (Å²) in [4.78, 5) is 21.5. The second kappa shape index (κ2) is 16.5. The van der Waals surface area contributed by atoms with E-state index in [-0.39, 0.29) is 6.42 Å². The monoisotopic (exact) mass is 341 g/mol. The minimum absolute atomic E-state index is 0.271. The first-order valence-corrected chi connectivity index (χ1v) is 9.49. The summed E-state index contributed by atoms with van der Waals surface area (Å²) >= 11 is 0. The molecule has 0 aromatic rings. The van der Waals surface area contributed by atoms with Crippen molar-refractivity contribution >= 4 is 5.97 Å². The zero-order valence-electron chi connectivity index (χ0n) is 15.5. The van der Waals surface area contributed by atoms with Crippen LogP contribution in [-0.4, -0.2) is 24.0 Å². The van der Waals surface area contributed by atoms with Crippen LogP contribution >= 0.6 is 0 Å². The van der Waals surface area contributed by atoms with E-state index in [1.807, 2.05) is 0 Å². The van der Waals surface area contributed by atoms with Crippen LogP contribution in [0.4, 0.5) is 0 Å². The Bertz CT molecular complexity index is 355. The first-order chi connectivity index (χ1) is 11.6. The standard InChI is InChI=1S/C19H35NO4/c1-3-4-5-6-7-8-9-10-11-12-13-14-15-16-17-18(20(22)23)19(21)24-2/h10-11,18H,3-9,12-17H2,1-2H3/b11-10-. The Kier molecular flexibility index (Phi) is 15.5. The van der Waals surface area contributed by atoms with Crippen LogP contribution in [0.2, 0.25) is 0 Å². The predicted octanol–water partition coefficient (Wildman–Crippen LogP) is 5.45. The summed E-state index contributed by atoms with van der Waals surface area (Å²) < 4.78 is 4.45. The van der Waals surface area contributed by atoms with Crippen LogP contribution in [0, 0.1) is 10.1 Å². The van der Waals surface area contributed by atoms with Crippen LogP contribution in [-0.2, 0) is 9.53 Å². The molecule has 24 heavy (non-hydrogen) atoms. The van der Waals surface area contributed by atoms with Gasteiger partial charge in [-0.05, 0) is 32.1 Å². The Morgan fingerprint density at radius 3 is 1.96 bits per heavy atom. The van der Waals surface area contributed by atoms with Crippen LogP contribution in [0.1, 0.15) is 90.4 Å². The molecule has 0 aliphatic heterocycles. The number of unbranched alkanes of at least 4 members (excludes halogenated alkanes) is 10. The van der Waals surface area contributed by atoms with E-state index in [0.29, 0.717) is 6.42 Å². The average molecular weight is 341 g/mol. The highest BCUT2D eigenvalue weighted by molar-refractivity contribution is 5.74. The van der Waals surface area contributed by atoms with E-state index in [1.165, 1.54) is 52.1 Å². The molecule has 0 aliphatic rings. The number of hydrogen-bond acceptors (Lipinski definition) is 4. The molecule has 0 fully saturated rings. The number of nitrogens with zero attached hydrogens (tertiary/aromatic N) is 1. The largest absolute Gasteiger partial charge is 0.464 e. The molecule has 0 N–H and O–H groups in total. The summed E-state index contributed by atoms with van der Waals surface area (Å²) in [6.45, 7) is 2.24. The van der Waals surface area contributed by atoms with Crippen molar-refractivity contribution < 1.29 is 14.5 Å². The fourth-order valence-corrected chi connectivity index (χ4v) is 2.68. The highest BCUT2D eigenvalue weighted by Crippen LogP contribution is 2.11. The van der Waals surface area contributed by atoms with Gasteiger partial charge in [0, 0.05) is 11.3 Å². The van der Waals surface area contributed by atoms with Crippen molar-refractivity contribution in [1.29, 1.82) is 0 Å². The zero-order valence-corrected chi connectivity index (χ0v) is 15.5. The Hall–Kier alpha value is -1.39. The van der Waals surface area contributed by atoms with Gasteiger partial charge in [-0.1, -0.05) is 64.0 Å². The van der Waals surface area contributed by atoms with Gasteiger partial charge in [-0.15, -0.1) is 0 Å². The fraction of sp³-hybridized carbons (Fsp3) is 0.842. The maximum Gasteiger partial charge on any atom is 0.381 e. The van der Waals surface area contributed by atoms with Crippen molar-refractivity contribution in [1.82, 2.24) is 0 Å². The van der Waals surface area contributed by atoms with Gasteiger partial charge in [-0.25, -0.2) is 4.79 Å². The van der Waals surface area contributed by atoms with E-state index < -0.39 is 16.9 Å². The molecular weight excluding hydrogens is 306 g/mol. The predicted molar refractivity (Wildman–Crippen MR) is 97.6 cm³/mol. The van der Waals surface area contributed by atoms with Crippen LogP contribution in [0.15, 0.2) is 12.2 Å².